The van der Waals surface area contributed by atoms with Crippen molar-refractivity contribution in [3.05, 3.63) is 46.1 Å². The summed E-state index contributed by atoms with van der Waals surface area (Å²) < 4.78 is 16.0. The first-order valence-corrected chi connectivity index (χ1v) is 10.4. The van der Waals surface area contributed by atoms with Crippen LogP contribution in [0.3, 0.4) is 0 Å². The lowest BCUT2D eigenvalue weighted by Crippen LogP contribution is -2.55. The van der Waals surface area contributed by atoms with Crippen LogP contribution in [0.5, 0.6) is 23.0 Å². The Bertz CT molecular complexity index is 1350. The third-order valence-corrected chi connectivity index (χ3v) is 5.72. The molecule has 0 bridgehead atoms. The molecule has 0 aliphatic carbocycles. The number of carbonyl (C=O) groups excluding carboxylic acids is 1. The van der Waals surface area contributed by atoms with E-state index in [-0.39, 0.29) is 28.0 Å². The molecule has 7 N–H and O–H groups in total. The Kier molecular flexibility index (Phi) is 6.30. The third kappa shape index (κ3) is 4.35. The van der Waals surface area contributed by atoms with Gasteiger partial charge in [0.15, 0.2) is 16.9 Å². The molecule has 35 heavy (non-hydrogen) atoms. The number of fused-ring (bicyclic) bond motifs is 1. The summed E-state index contributed by atoms with van der Waals surface area (Å²) in [5.74, 6) is -3.04. The largest absolute Gasteiger partial charge is 0.507 e. The highest BCUT2D eigenvalue weighted by molar-refractivity contribution is 5.88. The molecule has 4 rings (SSSR count). The van der Waals surface area contributed by atoms with Gasteiger partial charge in [-0.15, -0.1) is 0 Å². The van der Waals surface area contributed by atoms with E-state index in [9.17, 15) is 45.3 Å². The molecule has 1 fully saturated rings. The zero-order valence-electron chi connectivity index (χ0n) is 18.2. The topological polar surface area (TPSA) is 207 Å². The van der Waals surface area contributed by atoms with Gasteiger partial charge in [0.1, 0.15) is 65.4 Å². The van der Waals surface area contributed by atoms with Crippen LogP contribution in [0.4, 0.5) is 0 Å². The lowest BCUT2D eigenvalue weighted by atomic mass is 9.89. The van der Waals surface area contributed by atoms with Crippen molar-refractivity contribution >= 4 is 16.9 Å². The summed E-state index contributed by atoms with van der Waals surface area (Å²) in [5, 5.41) is 71.2. The highest BCUT2D eigenvalue weighted by Crippen LogP contribution is 2.44. The van der Waals surface area contributed by atoms with Crippen LogP contribution >= 0.6 is 0 Å². The number of ether oxygens (including phenoxy) is 2. The maximum absolute atomic E-state index is 12.9. The van der Waals surface area contributed by atoms with Crippen LogP contribution in [0.15, 0.2) is 39.5 Å². The molecule has 5 atom stereocenters. The van der Waals surface area contributed by atoms with Crippen LogP contribution in [0.1, 0.15) is 18.6 Å². The Morgan fingerprint density at radius 1 is 0.943 bits per heavy atom. The van der Waals surface area contributed by atoms with Gasteiger partial charge >= 0.3 is 5.97 Å². The Balaban J connectivity index is 1.80. The minimum Gasteiger partial charge on any atom is -0.507 e. The SMILES string of the molecule is CC(=O)OC[C@H]1O[C@@H](c2c(O)cc3oc(-c4ccc(O)c(O)c4)cc(=O)c3c2O)[C@@H](O)[C@@H](O)[C@@H]1O. The Labute approximate surface area is 196 Å². The molecular weight excluding hydrogens is 468 g/mol. The summed E-state index contributed by atoms with van der Waals surface area (Å²) in [6.45, 7) is 0.628. The average molecular weight is 490 g/mol. The van der Waals surface area contributed by atoms with E-state index in [2.05, 4.69) is 0 Å². The summed E-state index contributed by atoms with van der Waals surface area (Å²) in [6, 6.07) is 5.70. The van der Waals surface area contributed by atoms with Gasteiger partial charge in [-0.3, -0.25) is 9.59 Å². The molecule has 3 aromatic rings. The maximum Gasteiger partial charge on any atom is 0.302 e. The number of hydrogen-bond acceptors (Lipinski definition) is 12. The number of carbonyl (C=O) groups is 1. The van der Waals surface area contributed by atoms with Crippen LogP contribution in [-0.2, 0) is 14.3 Å². The summed E-state index contributed by atoms with van der Waals surface area (Å²) in [6.07, 6.45) is -8.23. The Morgan fingerprint density at radius 3 is 2.31 bits per heavy atom. The van der Waals surface area contributed by atoms with Crippen LogP contribution in [0.25, 0.3) is 22.3 Å². The third-order valence-electron chi connectivity index (χ3n) is 5.72. The molecule has 1 saturated heterocycles. The van der Waals surface area contributed by atoms with Gasteiger partial charge in [-0.2, -0.15) is 0 Å². The number of aromatic hydroxyl groups is 4. The molecule has 186 valence electrons. The van der Waals surface area contributed by atoms with Crippen molar-refractivity contribution in [2.45, 2.75) is 37.4 Å². The van der Waals surface area contributed by atoms with Gasteiger partial charge < -0.3 is 49.6 Å². The van der Waals surface area contributed by atoms with Crippen molar-refractivity contribution in [2.24, 2.45) is 0 Å². The van der Waals surface area contributed by atoms with Crippen molar-refractivity contribution in [3.63, 3.8) is 0 Å². The minimum atomic E-state index is -1.83. The fourth-order valence-corrected chi connectivity index (χ4v) is 3.93. The standard InChI is InChI=1S/C23H22O12/c1-8(24)33-7-16-19(29)21(31)22(32)23(35-16)18-13(28)6-15-17(20(18)30)12(27)5-14(34-15)9-2-3-10(25)11(26)4-9/h2-6,16,19,21-23,25-26,28-32H,7H2,1H3/t16-,19-,21+,22+,23+/m1/s1. The second-order valence-corrected chi connectivity index (χ2v) is 8.08. The highest BCUT2D eigenvalue weighted by atomic mass is 16.6. The normalized spacial score (nSPS) is 24.4. The van der Waals surface area contributed by atoms with Crippen LogP contribution in [-0.4, -0.2) is 72.7 Å². The molecule has 0 spiro atoms. The average Bonchev–Trinajstić information content (AvgIpc) is 2.79. The summed E-state index contributed by atoms with van der Waals surface area (Å²) in [7, 11) is 0. The fraction of sp³-hybridized carbons (Fsp3) is 0.304. The second-order valence-electron chi connectivity index (χ2n) is 8.08. The molecule has 1 aliphatic heterocycles. The highest BCUT2D eigenvalue weighted by Gasteiger charge is 2.46. The van der Waals surface area contributed by atoms with E-state index in [4.69, 9.17) is 13.9 Å². The predicted octanol–water partition coefficient (Wildman–Crippen LogP) is 0.368. The van der Waals surface area contributed by atoms with Crippen molar-refractivity contribution < 1.29 is 54.4 Å². The van der Waals surface area contributed by atoms with E-state index < -0.39 is 71.3 Å². The van der Waals surface area contributed by atoms with Gasteiger partial charge in [0.05, 0.1) is 5.56 Å². The van der Waals surface area contributed by atoms with Crippen molar-refractivity contribution in [1.29, 1.82) is 0 Å². The lowest BCUT2D eigenvalue weighted by molar-refractivity contribution is -0.234. The molecule has 12 heteroatoms. The molecule has 12 nitrogen and oxygen atoms in total. The number of hydrogen-bond donors (Lipinski definition) is 7. The number of aliphatic hydroxyl groups is 3. The molecule has 2 aromatic carbocycles. The number of phenols is 4. The van der Waals surface area contributed by atoms with Gasteiger partial charge in [0, 0.05) is 24.6 Å². The zero-order chi connectivity index (χ0) is 25.6. The van der Waals surface area contributed by atoms with E-state index in [1.54, 1.807) is 0 Å². The minimum absolute atomic E-state index is 0.0432. The Hall–Kier alpha value is -3.84. The van der Waals surface area contributed by atoms with E-state index in [0.717, 1.165) is 25.1 Å². The molecule has 0 unspecified atom stereocenters. The molecule has 1 aliphatic rings. The predicted molar refractivity (Wildman–Crippen MR) is 117 cm³/mol. The maximum atomic E-state index is 12.9. The van der Waals surface area contributed by atoms with E-state index in [0.29, 0.717) is 0 Å². The number of rotatable bonds is 4. The number of phenolic OH excluding ortho intramolecular Hbond substituents is 4. The number of aliphatic hydroxyl groups excluding tert-OH is 3. The van der Waals surface area contributed by atoms with Crippen LogP contribution < -0.4 is 5.43 Å². The van der Waals surface area contributed by atoms with Gasteiger partial charge in [0.2, 0.25) is 0 Å². The second kappa shape index (κ2) is 9.07. The molecule has 2 heterocycles. The van der Waals surface area contributed by atoms with Gasteiger partial charge in [-0.1, -0.05) is 0 Å². The van der Waals surface area contributed by atoms with Crippen LogP contribution in [0, 0.1) is 0 Å². The van der Waals surface area contributed by atoms with E-state index >= 15 is 0 Å². The van der Waals surface area contributed by atoms with Gasteiger partial charge in [-0.25, -0.2) is 0 Å². The molecule has 0 amide bonds. The lowest BCUT2D eigenvalue weighted by Gasteiger charge is -2.40. The Morgan fingerprint density at radius 2 is 1.66 bits per heavy atom. The monoisotopic (exact) mass is 490 g/mol. The van der Waals surface area contributed by atoms with Crippen molar-refractivity contribution in [3.8, 4) is 34.3 Å². The molecule has 1 aromatic heterocycles. The molecular formula is C23H22O12. The summed E-state index contributed by atoms with van der Waals surface area (Å²) >= 11 is 0. The first kappa shape index (κ1) is 24.3. The van der Waals surface area contributed by atoms with Crippen molar-refractivity contribution in [1.82, 2.24) is 0 Å². The first-order valence-electron chi connectivity index (χ1n) is 10.4. The summed E-state index contributed by atoms with van der Waals surface area (Å²) in [5.41, 5.74) is -1.24. The fourth-order valence-electron chi connectivity index (χ4n) is 3.93. The van der Waals surface area contributed by atoms with Gasteiger partial charge in [0.25, 0.3) is 0 Å². The quantitative estimate of drug-likeness (QED) is 0.195. The first-order chi connectivity index (χ1) is 16.5. The molecule has 0 saturated carbocycles. The van der Waals surface area contributed by atoms with E-state index in [1.165, 1.54) is 12.1 Å². The van der Waals surface area contributed by atoms with E-state index in [1.807, 2.05) is 0 Å². The van der Waals surface area contributed by atoms with Crippen LogP contribution in [0.2, 0.25) is 0 Å². The number of esters is 1. The van der Waals surface area contributed by atoms with Gasteiger partial charge in [-0.05, 0) is 18.2 Å². The van der Waals surface area contributed by atoms with Crippen molar-refractivity contribution in [2.75, 3.05) is 6.61 Å². The number of benzene rings is 2. The summed E-state index contributed by atoms with van der Waals surface area (Å²) in [4.78, 5) is 24.0. The zero-order valence-corrected chi connectivity index (χ0v) is 18.2. The smallest absolute Gasteiger partial charge is 0.302 e. The molecule has 0 radical (unpaired) electrons.